The van der Waals surface area contributed by atoms with Crippen molar-refractivity contribution in [1.29, 1.82) is 0 Å². The molecule has 2 rings (SSSR count). The summed E-state index contributed by atoms with van der Waals surface area (Å²) < 4.78 is 0. The Morgan fingerprint density at radius 1 is 1.07 bits per heavy atom. The lowest BCUT2D eigenvalue weighted by atomic mass is 10.1. The molecule has 5 N–H and O–H groups in total. The number of aryl methyl sites for hydroxylation is 1. The van der Waals surface area contributed by atoms with Crippen LogP contribution in [0.4, 0.5) is 16.2 Å². The number of carbonyl (C=O) groups excluding carboxylic acids is 2. The van der Waals surface area contributed by atoms with Crippen LogP contribution in [0.25, 0.3) is 0 Å². The van der Waals surface area contributed by atoms with Crippen molar-refractivity contribution in [2.75, 3.05) is 17.2 Å². The normalized spacial score (nSPS) is 11.5. The molecule has 2 aromatic carbocycles. The summed E-state index contributed by atoms with van der Waals surface area (Å²) in [6, 6.07) is 14.0. The van der Waals surface area contributed by atoms with Crippen LogP contribution in [-0.4, -0.2) is 24.5 Å². The van der Waals surface area contributed by atoms with Gasteiger partial charge in [-0.25, -0.2) is 4.79 Å². The van der Waals surface area contributed by atoms with Gasteiger partial charge in [-0.3, -0.25) is 4.79 Å². The van der Waals surface area contributed by atoms with Crippen LogP contribution in [0.3, 0.4) is 0 Å². The van der Waals surface area contributed by atoms with Crippen molar-refractivity contribution >= 4 is 23.3 Å². The molecule has 0 aliphatic heterocycles. The topological polar surface area (TPSA) is 96.2 Å². The minimum absolute atomic E-state index is 0.0449. The lowest BCUT2D eigenvalue weighted by Gasteiger charge is -2.17. The molecule has 6 heteroatoms. The molecule has 3 amide bonds. The summed E-state index contributed by atoms with van der Waals surface area (Å²) in [6.07, 6.45) is 2.93. The molecule has 27 heavy (non-hydrogen) atoms. The van der Waals surface area contributed by atoms with Gasteiger partial charge in [0.25, 0.3) is 5.91 Å². The second-order valence-corrected chi connectivity index (χ2v) is 6.52. The van der Waals surface area contributed by atoms with E-state index in [9.17, 15) is 9.59 Å². The van der Waals surface area contributed by atoms with Gasteiger partial charge in [-0.05, 0) is 43.2 Å². The Kier molecular flexibility index (Phi) is 7.82. The summed E-state index contributed by atoms with van der Waals surface area (Å²) in [6.45, 7) is 4.39. The first-order valence-corrected chi connectivity index (χ1v) is 9.28. The summed E-state index contributed by atoms with van der Waals surface area (Å²) in [4.78, 5) is 24.7. The Morgan fingerprint density at radius 2 is 1.81 bits per heavy atom. The minimum Gasteiger partial charge on any atom is -0.348 e. The highest BCUT2D eigenvalue weighted by Crippen LogP contribution is 2.18. The molecule has 2 aromatic rings. The zero-order valence-corrected chi connectivity index (χ0v) is 15.9. The highest BCUT2D eigenvalue weighted by atomic mass is 16.2. The van der Waals surface area contributed by atoms with E-state index >= 15 is 0 Å². The Balaban J connectivity index is 2.04. The number of urea groups is 1. The predicted octanol–water partition coefficient (Wildman–Crippen LogP) is 3.89. The van der Waals surface area contributed by atoms with E-state index < -0.39 is 0 Å². The van der Waals surface area contributed by atoms with Gasteiger partial charge in [0.05, 0.1) is 0 Å². The first kappa shape index (κ1) is 20.5. The molecule has 0 aliphatic rings. The van der Waals surface area contributed by atoms with E-state index in [1.165, 1.54) is 0 Å². The Labute approximate surface area is 160 Å². The summed E-state index contributed by atoms with van der Waals surface area (Å²) in [5, 5.41) is 8.53. The van der Waals surface area contributed by atoms with Crippen LogP contribution < -0.4 is 21.7 Å². The number of hydrogen-bond donors (Lipinski definition) is 4. The van der Waals surface area contributed by atoms with Gasteiger partial charge >= 0.3 is 6.03 Å². The van der Waals surface area contributed by atoms with Crippen LogP contribution in [0, 0.1) is 6.92 Å². The second-order valence-electron chi connectivity index (χ2n) is 6.52. The van der Waals surface area contributed by atoms with Crippen LogP contribution in [-0.2, 0) is 0 Å². The largest absolute Gasteiger partial charge is 0.348 e. The molecule has 0 saturated carbocycles. The van der Waals surface area contributed by atoms with Crippen molar-refractivity contribution in [1.82, 2.24) is 5.32 Å². The minimum atomic E-state index is -0.357. The van der Waals surface area contributed by atoms with E-state index in [2.05, 4.69) is 22.9 Å². The van der Waals surface area contributed by atoms with Gasteiger partial charge in [-0.2, -0.15) is 0 Å². The summed E-state index contributed by atoms with van der Waals surface area (Å²) in [5.74, 6) is -0.187. The number of anilines is 2. The smallest absolute Gasteiger partial charge is 0.323 e. The fourth-order valence-corrected chi connectivity index (χ4v) is 2.67. The van der Waals surface area contributed by atoms with Crippen molar-refractivity contribution in [2.24, 2.45) is 5.73 Å². The molecule has 0 spiro atoms. The lowest BCUT2D eigenvalue weighted by molar-refractivity contribution is 0.0935. The number of benzene rings is 2. The zero-order valence-electron chi connectivity index (χ0n) is 15.9. The molecule has 1 unspecified atom stereocenters. The third-order valence-electron chi connectivity index (χ3n) is 4.31. The fourth-order valence-electron chi connectivity index (χ4n) is 2.67. The van der Waals surface area contributed by atoms with Crippen LogP contribution >= 0.6 is 0 Å². The van der Waals surface area contributed by atoms with Gasteiger partial charge in [0.1, 0.15) is 0 Å². The van der Waals surface area contributed by atoms with Gasteiger partial charge in [0, 0.05) is 29.5 Å². The van der Waals surface area contributed by atoms with Gasteiger partial charge < -0.3 is 21.7 Å². The molecule has 6 nitrogen and oxygen atoms in total. The van der Waals surface area contributed by atoms with Gasteiger partial charge in [0.2, 0.25) is 0 Å². The number of hydrogen-bond acceptors (Lipinski definition) is 3. The second kappa shape index (κ2) is 10.3. The van der Waals surface area contributed by atoms with Crippen LogP contribution in [0.15, 0.2) is 48.5 Å². The molecule has 144 valence electrons. The van der Waals surface area contributed by atoms with Crippen LogP contribution in [0.1, 0.15) is 42.1 Å². The Hall–Kier alpha value is -2.86. The quantitative estimate of drug-likeness (QED) is 0.569. The molecule has 0 bridgehead atoms. The van der Waals surface area contributed by atoms with Crippen LogP contribution in [0.5, 0.6) is 0 Å². The monoisotopic (exact) mass is 368 g/mol. The fraction of sp³-hybridized carbons (Fsp3) is 0.333. The van der Waals surface area contributed by atoms with Gasteiger partial charge in [0.15, 0.2) is 0 Å². The van der Waals surface area contributed by atoms with E-state index in [1.807, 2.05) is 31.2 Å². The number of unbranched alkanes of at least 4 members (excludes halogenated alkanes) is 1. The Morgan fingerprint density at radius 3 is 2.48 bits per heavy atom. The maximum Gasteiger partial charge on any atom is 0.323 e. The summed E-state index contributed by atoms with van der Waals surface area (Å²) in [5.41, 5.74) is 8.40. The lowest BCUT2D eigenvalue weighted by Crippen LogP contribution is -2.40. The van der Waals surface area contributed by atoms with Gasteiger partial charge in [-0.1, -0.05) is 44.0 Å². The number of nitrogens with two attached hydrogens (primary N) is 1. The molecule has 0 radical (unpaired) electrons. The average Bonchev–Trinajstić information content (AvgIpc) is 2.67. The van der Waals surface area contributed by atoms with Crippen LogP contribution in [0.2, 0.25) is 0 Å². The predicted molar refractivity (Wildman–Crippen MR) is 110 cm³/mol. The van der Waals surface area contributed by atoms with E-state index in [0.717, 1.165) is 24.8 Å². The third-order valence-corrected chi connectivity index (χ3v) is 4.31. The molecular weight excluding hydrogens is 340 g/mol. The van der Waals surface area contributed by atoms with E-state index in [0.29, 0.717) is 23.5 Å². The van der Waals surface area contributed by atoms with Crippen molar-refractivity contribution in [3.05, 3.63) is 59.7 Å². The number of carbonyl (C=O) groups is 2. The maximum atomic E-state index is 12.5. The van der Waals surface area contributed by atoms with Gasteiger partial charge in [-0.15, -0.1) is 0 Å². The standard InChI is InChI=1S/C21H28N4O2/c1-3-4-8-18(14-22)23-20(26)16-12-11-15(2)19(13-16)25-21(27)24-17-9-6-5-7-10-17/h5-7,9-13,18H,3-4,8,14,22H2,1-2H3,(H,23,26)(H2,24,25,27). The first-order valence-electron chi connectivity index (χ1n) is 9.28. The number of nitrogens with one attached hydrogen (secondary N) is 3. The molecule has 0 aliphatic carbocycles. The molecule has 0 fully saturated rings. The number of amides is 3. The molecule has 1 atom stereocenters. The zero-order chi connectivity index (χ0) is 19.6. The van der Waals surface area contributed by atoms with Crippen molar-refractivity contribution in [2.45, 2.75) is 39.2 Å². The van der Waals surface area contributed by atoms with Crippen molar-refractivity contribution in [3.63, 3.8) is 0 Å². The summed E-state index contributed by atoms with van der Waals surface area (Å²) >= 11 is 0. The number of para-hydroxylation sites is 1. The molecular formula is C21H28N4O2. The maximum absolute atomic E-state index is 12.5. The van der Waals surface area contributed by atoms with Crippen molar-refractivity contribution in [3.8, 4) is 0 Å². The number of rotatable bonds is 8. The van der Waals surface area contributed by atoms with Crippen molar-refractivity contribution < 1.29 is 9.59 Å². The SMILES string of the molecule is CCCCC(CN)NC(=O)c1ccc(C)c(NC(=O)Nc2ccccc2)c1. The average molecular weight is 368 g/mol. The van der Waals surface area contributed by atoms with E-state index in [1.54, 1.807) is 24.3 Å². The third kappa shape index (κ3) is 6.42. The molecule has 0 saturated heterocycles. The summed E-state index contributed by atoms with van der Waals surface area (Å²) in [7, 11) is 0. The van der Waals surface area contributed by atoms with E-state index in [4.69, 9.17) is 5.73 Å². The highest BCUT2D eigenvalue weighted by Gasteiger charge is 2.14. The van der Waals surface area contributed by atoms with E-state index in [-0.39, 0.29) is 18.0 Å². The molecule has 0 heterocycles. The first-order chi connectivity index (χ1) is 13.0. The molecule has 0 aromatic heterocycles. The highest BCUT2D eigenvalue weighted by molar-refractivity contribution is 6.02. The Bertz CT molecular complexity index is 762.